The van der Waals surface area contributed by atoms with Crippen molar-refractivity contribution in [3.05, 3.63) is 65.2 Å². The van der Waals surface area contributed by atoms with Crippen LogP contribution >= 0.6 is 0 Å². The van der Waals surface area contributed by atoms with Crippen molar-refractivity contribution in [3.63, 3.8) is 0 Å². The Bertz CT molecular complexity index is 906. The van der Waals surface area contributed by atoms with E-state index in [-0.39, 0.29) is 36.1 Å². The minimum absolute atomic E-state index is 0.00824. The molecule has 0 saturated carbocycles. The average Bonchev–Trinajstić information content (AvgIpc) is 2.70. The number of aromatic hydroxyl groups is 1. The summed E-state index contributed by atoms with van der Waals surface area (Å²) in [4.78, 5) is 35.5. The Morgan fingerprint density at radius 1 is 0.833 bits per heavy atom. The van der Waals surface area contributed by atoms with E-state index in [2.05, 4.69) is 16.0 Å². The van der Waals surface area contributed by atoms with Gasteiger partial charge in [0.25, 0.3) is 11.8 Å². The maximum atomic E-state index is 13.5. The fraction of sp³-hybridized carbons (Fsp3) is 0.286. The van der Waals surface area contributed by atoms with Gasteiger partial charge in [0, 0.05) is 37.7 Å². The van der Waals surface area contributed by atoms with Crippen molar-refractivity contribution >= 4 is 17.7 Å². The highest BCUT2D eigenvalue weighted by Crippen LogP contribution is 2.10. The van der Waals surface area contributed by atoms with Crippen LogP contribution in [0.2, 0.25) is 0 Å². The first-order valence-corrected chi connectivity index (χ1v) is 9.44. The van der Waals surface area contributed by atoms with Gasteiger partial charge in [-0.2, -0.15) is 0 Å². The largest absolute Gasteiger partial charge is 0.508 e. The molecule has 4 N–H and O–H groups in total. The van der Waals surface area contributed by atoms with Crippen LogP contribution in [-0.2, 0) is 4.79 Å². The van der Waals surface area contributed by atoms with Gasteiger partial charge in [0.1, 0.15) is 17.4 Å². The Hall–Kier alpha value is -3.49. The highest BCUT2D eigenvalue weighted by molar-refractivity contribution is 5.95. The van der Waals surface area contributed by atoms with Gasteiger partial charge in [-0.3, -0.25) is 14.4 Å². The summed E-state index contributed by atoms with van der Waals surface area (Å²) in [5.74, 6) is -2.90. The van der Waals surface area contributed by atoms with E-state index in [0.717, 1.165) is 12.1 Å². The highest BCUT2D eigenvalue weighted by atomic mass is 19.1. The van der Waals surface area contributed by atoms with Gasteiger partial charge in [-0.25, -0.2) is 8.78 Å². The molecule has 0 fully saturated rings. The second-order valence-corrected chi connectivity index (χ2v) is 6.49. The first kappa shape index (κ1) is 22.8. The van der Waals surface area contributed by atoms with Crippen molar-refractivity contribution < 1.29 is 28.3 Å². The molecule has 0 aliphatic rings. The molecule has 7 nitrogen and oxygen atoms in total. The van der Waals surface area contributed by atoms with Crippen LogP contribution in [-0.4, -0.2) is 42.5 Å². The number of benzene rings is 2. The fourth-order valence-electron chi connectivity index (χ4n) is 2.58. The average molecular weight is 419 g/mol. The van der Waals surface area contributed by atoms with Crippen LogP contribution in [0.15, 0.2) is 42.5 Å². The maximum absolute atomic E-state index is 13.5. The summed E-state index contributed by atoms with van der Waals surface area (Å²) in [6.07, 6.45) is 1.05. The fourth-order valence-corrected chi connectivity index (χ4v) is 2.58. The van der Waals surface area contributed by atoms with E-state index in [9.17, 15) is 28.3 Å². The zero-order chi connectivity index (χ0) is 21.9. The second-order valence-electron chi connectivity index (χ2n) is 6.49. The number of carbonyl (C=O) groups is 3. The van der Waals surface area contributed by atoms with Gasteiger partial charge in [0.15, 0.2) is 0 Å². The topological polar surface area (TPSA) is 108 Å². The number of hydrogen-bond acceptors (Lipinski definition) is 4. The molecule has 0 saturated heterocycles. The molecule has 0 bridgehead atoms. The third kappa shape index (κ3) is 7.50. The van der Waals surface area contributed by atoms with Crippen molar-refractivity contribution in [1.29, 1.82) is 0 Å². The van der Waals surface area contributed by atoms with E-state index in [1.165, 1.54) is 12.1 Å². The monoisotopic (exact) mass is 419 g/mol. The van der Waals surface area contributed by atoms with Gasteiger partial charge in [-0.15, -0.1) is 0 Å². The smallest absolute Gasteiger partial charge is 0.254 e. The van der Waals surface area contributed by atoms with Gasteiger partial charge < -0.3 is 21.1 Å². The van der Waals surface area contributed by atoms with E-state index < -0.39 is 17.5 Å². The molecule has 9 heteroatoms. The van der Waals surface area contributed by atoms with Crippen LogP contribution in [0.5, 0.6) is 5.75 Å². The number of nitrogens with one attached hydrogen (secondary N) is 3. The number of rotatable bonds is 10. The van der Waals surface area contributed by atoms with Crippen molar-refractivity contribution in [3.8, 4) is 5.75 Å². The molecule has 0 atom stereocenters. The summed E-state index contributed by atoms with van der Waals surface area (Å²) >= 11 is 0. The molecule has 2 aromatic rings. The standard InChI is InChI=1S/C21H23F2N3O4/c22-15-7-8-17(18(23)13-15)21(30)26-9-2-6-19(28)24-10-3-11-25-20(29)14-4-1-5-16(27)12-14/h1,4-5,7-8,12-13,27H,2-3,6,9-11H2,(H,24,28)(H,25,29)(H,26,30). The van der Waals surface area contributed by atoms with Gasteiger partial charge in [0.05, 0.1) is 5.56 Å². The van der Waals surface area contributed by atoms with Crippen molar-refractivity contribution in [1.82, 2.24) is 16.0 Å². The lowest BCUT2D eigenvalue weighted by atomic mass is 10.2. The first-order valence-electron chi connectivity index (χ1n) is 9.44. The molecule has 0 unspecified atom stereocenters. The molecular formula is C21H23F2N3O4. The number of hydrogen-bond donors (Lipinski definition) is 4. The summed E-state index contributed by atoms with van der Waals surface area (Å²) < 4.78 is 26.3. The van der Waals surface area contributed by atoms with Crippen molar-refractivity contribution in [2.24, 2.45) is 0 Å². The molecule has 0 radical (unpaired) electrons. The summed E-state index contributed by atoms with van der Waals surface area (Å²) in [6, 6.07) is 8.68. The Morgan fingerprint density at radius 2 is 1.53 bits per heavy atom. The van der Waals surface area contributed by atoms with Gasteiger partial charge in [-0.1, -0.05) is 6.07 Å². The van der Waals surface area contributed by atoms with E-state index in [4.69, 9.17) is 0 Å². The highest BCUT2D eigenvalue weighted by Gasteiger charge is 2.12. The van der Waals surface area contributed by atoms with Gasteiger partial charge >= 0.3 is 0 Å². The van der Waals surface area contributed by atoms with Crippen LogP contribution in [0, 0.1) is 11.6 Å². The number of halogens is 2. The lowest BCUT2D eigenvalue weighted by Crippen LogP contribution is -2.30. The quantitative estimate of drug-likeness (QED) is 0.443. The van der Waals surface area contributed by atoms with Crippen LogP contribution in [0.1, 0.15) is 40.0 Å². The number of carbonyl (C=O) groups excluding carboxylic acids is 3. The Balaban J connectivity index is 1.55. The molecule has 0 aliphatic carbocycles. The van der Waals surface area contributed by atoms with Gasteiger partial charge in [0.2, 0.25) is 5.91 Å². The van der Waals surface area contributed by atoms with Crippen molar-refractivity contribution in [2.45, 2.75) is 19.3 Å². The minimum atomic E-state index is -0.943. The molecule has 2 rings (SSSR count). The van der Waals surface area contributed by atoms with E-state index in [1.807, 2.05) is 0 Å². The zero-order valence-electron chi connectivity index (χ0n) is 16.2. The summed E-state index contributed by atoms with van der Waals surface area (Å²) in [7, 11) is 0. The number of phenolic OH excluding ortho intramolecular Hbond substituents is 1. The first-order chi connectivity index (χ1) is 14.4. The summed E-state index contributed by atoms with van der Waals surface area (Å²) in [5, 5.41) is 17.2. The summed E-state index contributed by atoms with van der Waals surface area (Å²) in [6.45, 7) is 0.892. The predicted octanol–water partition coefficient (Wildman–Crippen LogP) is 2.12. The maximum Gasteiger partial charge on any atom is 0.254 e. The molecule has 0 spiro atoms. The van der Waals surface area contributed by atoms with Crippen LogP contribution in [0.4, 0.5) is 8.78 Å². The number of phenols is 1. The molecule has 30 heavy (non-hydrogen) atoms. The van der Waals surface area contributed by atoms with Gasteiger partial charge in [-0.05, 0) is 43.2 Å². The van der Waals surface area contributed by atoms with E-state index in [0.29, 0.717) is 37.6 Å². The molecule has 0 heterocycles. The summed E-state index contributed by atoms with van der Waals surface area (Å²) in [5.41, 5.74) is 0.0928. The lowest BCUT2D eigenvalue weighted by molar-refractivity contribution is -0.121. The second kappa shape index (κ2) is 11.5. The normalized spacial score (nSPS) is 10.3. The zero-order valence-corrected chi connectivity index (χ0v) is 16.2. The SMILES string of the molecule is O=C(CCCNC(=O)c1ccc(F)cc1F)NCCCNC(=O)c1cccc(O)c1. The molecule has 0 aromatic heterocycles. The Kier molecular flexibility index (Phi) is 8.74. The van der Waals surface area contributed by atoms with Crippen molar-refractivity contribution in [2.75, 3.05) is 19.6 Å². The third-order valence-corrected chi connectivity index (χ3v) is 4.11. The predicted molar refractivity (Wildman–Crippen MR) is 106 cm³/mol. The van der Waals surface area contributed by atoms with E-state index in [1.54, 1.807) is 12.1 Å². The Morgan fingerprint density at radius 3 is 2.27 bits per heavy atom. The van der Waals surface area contributed by atoms with Crippen LogP contribution in [0.25, 0.3) is 0 Å². The lowest BCUT2D eigenvalue weighted by Gasteiger charge is -2.08. The molecule has 0 aliphatic heterocycles. The molecule has 160 valence electrons. The molecule has 2 aromatic carbocycles. The minimum Gasteiger partial charge on any atom is -0.508 e. The van der Waals surface area contributed by atoms with Crippen LogP contribution in [0.3, 0.4) is 0 Å². The molecular weight excluding hydrogens is 396 g/mol. The Labute approximate surface area is 172 Å². The number of amides is 3. The van der Waals surface area contributed by atoms with Crippen LogP contribution < -0.4 is 16.0 Å². The van der Waals surface area contributed by atoms with E-state index >= 15 is 0 Å². The third-order valence-electron chi connectivity index (χ3n) is 4.11. The molecule has 3 amide bonds.